The van der Waals surface area contributed by atoms with Crippen molar-refractivity contribution >= 4 is 33.1 Å². The highest BCUT2D eigenvalue weighted by atomic mass is 79.9. The largest absolute Gasteiger partial charge is 0.384 e. The number of hydrogen-bond acceptors (Lipinski definition) is 3. The number of hydrogen-bond donors (Lipinski definition) is 2. The van der Waals surface area contributed by atoms with Gasteiger partial charge in [-0.05, 0) is 36.8 Å². The molecule has 0 amide bonds. The van der Waals surface area contributed by atoms with Crippen molar-refractivity contribution in [3.05, 3.63) is 46.6 Å². The first kappa shape index (κ1) is 11.0. The van der Waals surface area contributed by atoms with Crippen molar-refractivity contribution in [2.24, 2.45) is 0 Å². The van der Waals surface area contributed by atoms with Crippen LogP contribution in [0.25, 0.3) is 0 Å². The first-order valence-electron chi connectivity index (χ1n) is 4.90. The van der Waals surface area contributed by atoms with Gasteiger partial charge in [-0.15, -0.1) is 0 Å². The van der Waals surface area contributed by atoms with Crippen molar-refractivity contribution in [1.82, 2.24) is 4.98 Å². The van der Waals surface area contributed by atoms with Gasteiger partial charge in [0.2, 0.25) is 0 Å². The van der Waals surface area contributed by atoms with E-state index < -0.39 is 0 Å². The number of nitrogens with two attached hydrogens (primary N) is 1. The molecule has 1 aromatic heterocycles. The van der Waals surface area contributed by atoms with Crippen LogP contribution in [0.1, 0.15) is 5.56 Å². The Morgan fingerprint density at radius 2 is 2.06 bits per heavy atom. The lowest BCUT2D eigenvalue weighted by Gasteiger charge is -2.10. The summed E-state index contributed by atoms with van der Waals surface area (Å²) in [5, 5.41) is 3.29. The van der Waals surface area contributed by atoms with Crippen LogP contribution in [0.3, 0.4) is 0 Å². The van der Waals surface area contributed by atoms with E-state index in [-0.39, 0.29) is 0 Å². The predicted octanol–water partition coefficient (Wildman–Crippen LogP) is 3.48. The van der Waals surface area contributed by atoms with E-state index in [9.17, 15) is 0 Å². The van der Waals surface area contributed by atoms with Gasteiger partial charge in [0, 0.05) is 10.2 Å². The average Bonchev–Trinajstić information content (AvgIpc) is 2.28. The quantitative estimate of drug-likeness (QED) is 0.884. The van der Waals surface area contributed by atoms with Crippen molar-refractivity contribution in [3.8, 4) is 0 Å². The maximum Gasteiger partial charge on any atom is 0.123 e. The van der Waals surface area contributed by atoms with Gasteiger partial charge in [-0.1, -0.05) is 22.0 Å². The Labute approximate surface area is 103 Å². The maximum atomic E-state index is 5.53. The molecule has 0 spiro atoms. The van der Waals surface area contributed by atoms with Gasteiger partial charge in [-0.25, -0.2) is 4.98 Å². The van der Waals surface area contributed by atoms with E-state index in [1.807, 2.05) is 24.3 Å². The molecule has 0 radical (unpaired) electrons. The lowest BCUT2D eigenvalue weighted by atomic mass is 10.2. The summed E-state index contributed by atoms with van der Waals surface area (Å²) >= 11 is 3.50. The Morgan fingerprint density at radius 3 is 2.75 bits per heavy atom. The van der Waals surface area contributed by atoms with Crippen LogP contribution in [0.5, 0.6) is 0 Å². The molecule has 0 aliphatic heterocycles. The highest BCUT2D eigenvalue weighted by Gasteiger charge is 2.01. The first-order chi connectivity index (χ1) is 7.66. The van der Waals surface area contributed by atoms with E-state index in [1.54, 1.807) is 12.3 Å². The van der Waals surface area contributed by atoms with Crippen molar-refractivity contribution in [3.63, 3.8) is 0 Å². The number of aromatic nitrogens is 1. The Hall–Kier alpha value is -1.55. The molecule has 82 valence electrons. The normalized spacial score (nSPS) is 10.1. The highest BCUT2D eigenvalue weighted by molar-refractivity contribution is 9.10. The van der Waals surface area contributed by atoms with Crippen LogP contribution in [0, 0.1) is 6.92 Å². The maximum absolute atomic E-state index is 5.53. The summed E-state index contributed by atoms with van der Waals surface area (Å²) < 4.78 is 1.08. The predicted molar refractivity (Wildman–Crippen MR) is 70.8 cm³/mol. The summed E-state index contributed by atoms with van der Waals surface area (Å²) in [6.07, 6.45) is 1.72. The van der Waals surface area contributed by atoms with Crippen molar-refractivity contribution in [2.75, 3.05) is 11.1 Å². The fourth-order valence-corrected chi connectivity index (χ4v) is 1.74. The smallest absolute Gasteiger partial charge is 0.123 e. The molecule has 0 atom stereocenters. The van der Waals surface area contributed by atoms with Gasteiger partial charge in [0.25, 0.3) is 0 Å². The molecule has 0 bridgehead atoms. The van der Waals surface area contributed by atoms with Gasteiger partial charge in [-0.3, -0.25) is 0 Å². The second-order valence-electron chi connectivity index (χ2n) is 3.51. The third kappa shape index (κ3) is 2.33. The van der Waals surface area contributed by atoms with Crippen LogP contribution in [-0.4, -0.2) is 4.98 Å². The lowest BCUT2D eigenvalue weighted by Crippen LogP contribution is -1.95. The van der Waals surface area contributed by atoms with Gasteiger partial charge < -0.3 is 11.1 Å². The number of nitrogens with zero attached hydrogens (tertiary/aromatic N) is 1. The van der Waals surface area contributed by atoms with Crippen LogP contribution >= 0.6 is 15.9 Å². The van der Waals surface area contributed by atoms with Gasteiger partial charge in [0.1, 0.15) is 5.82 Å². The zero-order valence-electron chi connectivity index (χ0n) is 8.87. The van der Waals surface area contributed by atoms with E-state index in [2.05, 4.69) is 33.2 Å². The first-order valence-corrected chi connectivity index (χ1v) is 5.70. The third-order valence-corrected chi connectivity index (χ3v) is 3.19. The minimum atomic E-state index is 0.525. The van der Waals surface area contributed by atoms with Crippen LogP contribution < -0.4 is 11.1 Å². The molecule has 1 heterocycles. The number of rotatable bonds is 2. The Kier molecular flexibility index (Phi) is 3.10. The molecule has 3 N–H and O–H groups in total. The monoisotopic (exact) mass is 277 g/mol. The van der Waals surface area contributed by atoms with Crippen LogP contribution in [0.4, 0.5) is 17.2 Å². The zero-order chi connectivity index (χ0) is 11.5. The SMILES string of the molecule is Cc1c(Br)cccc1Nc1ccc(N)nc1. The molecule has 1 aromatic carbocycles. The van der Waals surface area contributed by atoms with Crippen LogP contribution in [0.15, 0.2) is 41.0 Å². The molecule has 2 aromatic rings. The Bertz CT molecular complexity index is 494. The van der Waals surface area contributed by atoms with Gasteiger partial charge >= 0.3 is 0 Å². The van der Waals surface area contributed by atoms with E-state index in [4.69, 9.17) is 5.73 Å². The molecule has 0 unspecified atom stereocenters. The third-order valence-electron chi connectivity index (χ3n) is 2.33. The molecular formula is C12H12BrN3. The van der Waals surface area contributed by atoms with E-state index in [0.717, 1.165) is 15.8 Å². The molecule has 0 aliphatic carbocycles. The van der Waals surface area contributed by atoms with E-state index in [0.29, 0.717) is 5.82 Å². The molecule has 4 heteroatoms. The van der Waals surface area contributed by atoms with Gasteiger partial charge in [-0.2, -0.15) is 0 Å². The second-order valence-corrected chi connectivity index (χ2v) is 4.36. The molecular weight excluding hydrogens is 266 g/mol. The lowest BCUT2D eigenvalue weighted by molar-refractivity contribution is 1.32. The van der Waals surface area contributed by atoms with E-state index in [1.165, 1.54) is 5.56 Å². The molecule has 0 fully saturated rings. The topological polar surface area (TPSA) is 50.9 Å². The van der Waals surface area contributed by atoms with Crippen LogP contribution in [-0.2, 0) is 0 Å². The number of benzene rings is 1. The minimum Gasteiger partial charge on any atom is -0.384 e. The summed E-state index contributed by atoms with van der Waals surface area (Å²) in [4.78, 5) is 4.03. The van der Waals surface area contributed by atoms with Gasteiger partial charge in [0.05, 0.1) is 11.9 Å². The molecule has 0 aliphatic rings. The number of nitrogen functional groups attached to an aromatic ring is 1. The number of halogens is 1. The Balaban J connectivity index is 2.27. The standard InChI is InChI=1S/C12H12BrN3/c1-8-10(13)3-2-4-11(8)16-9-5-6-12(14)15-7-9/h2-7,16H,1H3,(H2,14,15). The van der Waals surface area contributed by atoms with Gasteiger partial charge in [0.15, 0.2) is 0 Å². The number of anilines is 3. The summed E-state index contributed by atoms with van der Waals surface area (Å²) in [7, 11) is 0. The summed E-state index contributed by atoms with van der Waals surface area (Å²) in [5.41, 5.74) is 8.68. The Morgan fingerprint density at radius 1 is 1.25 bits per heavy atom. The number of pyridine rings is 1. The molecule has 0 saturated carbocycles. The summed E-state index contributed by atoms with van der Waals surface area (Å²) in [5.74, 6) is 0.525. The average molecular weight is 278 g/mol. The summed E-state index contributed by atoms with van der Waals surface area (Å²) in [6, 6.07) is 9.71. The number of nitrogens with one attached hydrogen (secondary N) is 1. The highest BCUT2D eigenvalue weighted by Crippen LogP contribution is 2.26. The fraction of sp³-hybridized carbons (Fsp3) is 0.0833. The molecule has 2 rings (SSSR count). The zero-order valence-corrected chi connectivity index (χ0v) is 10.5. The minimum absolute atomic E-state index is 0.525. The second kappa shape index (κ2) is 4.53. The van der Waals surface area contributed by atoms with E-state index >= 15 is 0 Å². The van der Waals surface area contributed by atoms with Crippen molar-refractivity contribution in [2.45, 2.75) is 6.92 Å². The van der Waals surface area contributed by atoms with Crippen molar-refractivity contribution < 1.29 is 0 Å². The molecule has 16 heavy (non-hydrogen) atoms. The van der Waals surface area contributed by atoms with Crippen LogP contribution in [0.2, 0.25) is 0 Å². The van der Waals surface area contributed by atoms with Crippen molar-refractivity contribution in [1.29, 1.82) is 0 Å². The molecule has 3 nitrogen and oxygen atoms in total. The molecule has 0 saturated heterocycles. The fourth-order valence-electron chi connectivity index (χ4n) is 1.38. The summed E-state index contributed by atoms with van der Waals surface area (Å²) in [6.45, 7) is 2.05.